The maximum absolute atomic E-state index is 13.2. The summed E-state index contributed by atoms with van der Waals surface area (Å²) in [4.78, 5) is 23.7. The molecule has 2 rings (SSSR count). The van der Waals surface area contributed by atoms with Crippen LogP contribution in [0.5, 0.6) is 5.75 Å². The third-order valence-corrected chi connectivity index (χ3v) is 2.73. The van der Waals surface area contributed by atoms with Gasteiger partial charge in [-0.2, -0.15) is 0 Å². The summed E-state index contributed by atoms with van der Waals surface area (Å²) in [5.41, 5.74) is 4.85. The number of carbonyl (C=O) groups excluding carboxylic acids is 2. The molecule has 6 heteroatoms. The van der Waals surface area contributed by atoms with Gasteiger partial charge in [-0.15, -0.1) is 0 Å². The molecule has 2 aromatic carbocycles. The molecule has 0 aliphatic rings. The van der Waals surface area contributed by atoms with Crippen molar-refractivity contribution in [3.8, 4) is 5.75 Å². The third-order valence-electron chi connectivity index (χ3n) is 2.73. The highest BCUT2D eigenvalue weighted by Gasteiger charge is 2.14. The molecule has 0 bridgehead atoms. The molecule has 21 heavy (non-hydrogen) atoms. The Bertz CT molecular complexity index is 659. The zero-order valence-corrected chi connectivity index (χ0v) is 11.2. The summed E-state index contributed by atoms with van der Waals surface area (Å²) in [7, 11) is 1.37. The second kappa shape index (κ2) is 6.51. The molecule has 0 atom stereocenters. The predicted octanol–water partition coefficient (Wildman–Crippen LogP) is 1.91. The Morgan fingerprint density at radius 1 is 1.00 bits per heavy atom. The van der Waals surface area contributed by atoms with E-state index in [0.29, 0.717) is 5.56 Å². The Hall–Kier alpha value is -2.89. The van der Waals surface area contributed by atoms with Crippen molar-refractivity contribution in [2.75, 3.05) is 7.11 Å². The molecule has 0 aliphatic heterocycles. The molecule has 0 saturated heterocycles. The summed E-state index contributed by atoms with van der Waals surface area (Å²) in [6.45, 7) is 0. The quantitative estimate of drug-likeness (QED) is 0.848. The van der Waals surface area contributed by atoms with E-state index in [1.807, 2.05) is 0 Å². The van der Waals surface area contributed by atoms with Crippen LogP contribution in [0.4, 0.5) is 4.39 Å². The van der Waals surface area contributed by atoms with E-state index in [2.05, 4.69) is 10.9 Å². The lowest BCUT2D eigenvalue weighted by atomic mass is 10.2. The van der Waals surface area contributed by atoms with E-state index < -0.39 is 17.6 Å². The van der Waals surface area contributed by atoms with Crippen LogP contribution in [-0.4, -0.2) is 18.9 Å². The Kier molecular flexibility index (Phi) is 4.50. The number of nitrogens with one attached hydrogen (secondary N) is 2. The monoisotopic (exact) mass is 288 g/mol. The summed E-state index contributed by atoms with van der Waals surface area (Å²) in [5.74, 6) is -1.51. The van der Waals surface area contributed by atoms with Crippen molar-refractivity contribution in [1.82, 2.24) is 10.9 Å². The lowest BCUT2D eigenvalue weighted by Gasteiger charge is -2.10. The Morgan fingerprint density at radius 3 is 2.33 bits per heavy atom. The first-order valence-electron chi connectivity index (χ1n) is 6.11. The van der Waals surface area contributed by atoms with Crippen molar-refractivity contribution >= 4 is 11.8 Å². The lowest BCUT2D eigenvalue weighted by Crippen LogP contribution is -2.41. The van der Waals surface area contributed by atoms with Crippen molar-refractivity contribution in [2.24, 2.45) is 0 Å². The number of benzene rings is 2. The van der Waals surface area contributed by atoms with Crippen LogP contribution < -0.4 is 15.6 Å². The molecule has 2 N–H and O–H groups in total. The van der Waals surface area contributed by atoms with E-state index >= 15 is 0 Å². The summed E-state index contributed by atoms with van der Waals surface area (Å²) >= 11 is 0. The number of carbonyl (C=O) groups is 2. The van der Waals surface area contributed by atoms with Gasteiger partial charge in [-0.1, -0.05) is 18.2 Å². The average molecular weight is 288 g/mol. The number of halogens is 1. The normalized spacial score (nSPS) is 9.81. The minimum Gasteiger partial charge on any atom is -0.496 e. The molecular weight excluding hydrogens is 275 g/mol. The Balaban J connectivity index is 2.05. The van der Waals surface area contributed by atoms with Crippen LogP contribution in [0.2, 0.25) is 0 Å². The number of hydrazine groups is 1. The minimum atomic E-state index is -0.671. The minimum absolute atomic E-state index is 0.00846. The molecule has 2 amide bonds. The SMILES string of the molecule is COc1ccc(F)cc1C(=O)NNC(=O)c1ccccc1. The van der Waals surface area contributed by atoms with Gasteiger partial charge in [0.25, 0.3) is 11.8 Å². The maximum Gasteiger partial charge on any atom is 0.273 e. The largest absolute Gasteiger partial charge is 0.496 e. The van der Waals surface area contributed by atoms with Crippen LogP contribution in [0.25, 0.3) is 0 Å². The number of amides is 2. The van der Waals surface area contributed by atoms with Crippen LogP contribution in [0.3, 0.4) is 0 Å². The first-order chi connectivity index (χ1) is 10.1. The number of rotatable bonds is 3. The zero-order valence-electron chi connectivity index (χ0n) is 11.2. The van der Waals surface area contributed by atoms with Gasteiger partial charge in [0.05, 0.1) is 12.7 Å². The van der Waals surface area contributed by atoms with E-state index in [1.54, 1.807) is 30.3 Å². The molecule has 0 saturated carbocycles. The molecule has 108 valence electrons. The van der Waals surface area contributed by atoms with E-state index in [0.717, 1.165) is 6.07 Å². The van der Waals surface area contributed by atoms with Crippen LogP contribution in [0.15, 0.2) is 48.5 Å². The highest BCUT2D eigenvalue weighted by atomic mass is 19.1. The molecule has 5 nitrogen and oxygen atoms in total. The van der Waals surface area contributed by atoms with Gasteiger partial charge in [0.15, 0.2) is 0 Å². The van der Waals surface area contributed by atoms with Gasteiger partial charge in [0.2, 0.25) is 0 Å². The molecule has 0 unspecified atom stereocenters. The summed E-state index contributed by atoms with van der Waals surface area (Å²) in [6.07, 6.45) is 0. The molecule has 0 radical (unpaired) electrons. The van der Waals surface area contributed by atoms with E-state index in [9.17, 15) is 14.0 Å². The van der Waals surface area contributed by atoms with E-state index in [4.69, 9.17) is 4.74 Å². The summed E-state index contributed by atoms with van der Waals surface area (Å²) < 4.78 is 18.2. The Morgan fingerprint density at radius 2 is 1.67 bits per heavy atom. The molecule has 0 heterocycles. The van der Waals surface area contributed by atoms with E-state index in [1.165, 1.54) is 19.2 Å². The predicted molar refractivity (Wildman–Crippen MR) is 74.3 cm³/mol. The second-order valence-electron chi connectivity index (χ2n) is 4.12. The topological polar surface area (TPSA) is 67.4 Å². The molecule has 0 aromatic heterocycles. The number of hydrogen-bond donors (Lipinski definition) is 2. The van der Waals surface area contributed by atoms with Gasteiger partial charge >= 0.3 is 0 Å². The van der Waals surface area contributed by atoms with Crippen molar-refractivity contribution in [3.05, 3.63) is 65.5 Å². The highest BCUT2D eigenvalue weighted by Crippen LogP contribution is 2.18. The van der Waals surface area contributed by atoms with Crippen LogP contribution in [0, 0.1) is 5.82 Å². The van der Waals surface area contributed by atoms with Crippen LogP contribution in [0.1, 0.15) is 20.7 Å². The Labute approximate surface area is 120 Å². The summed E-state index contributed by atoms with van der Waals surface area (Å²) in [6, 6.07) is 11.9. The van der Waals surface area contributed by atoms with Gasteiger partial charge in [-0.05, 0) is 30.3 Å². The third kappa shape index (κ3) is 3.56. The molecule has 2 aromatic rings. The first-order valence-corrected chi connectivity index (χ1v) is 6.11. The zero-order chi connectivity index (χ0) is 15.2. The molecule has 0 spiro atoms. The summed E-state index contributed by atoms with van der Waals surface area (Å²) in [5, 5.41) is 0. The fourth-order valence-electron chi connectivity index (χ4n) is 1.70. The van der Waals surface area contributed by atoms with Crippen LogP contribution >= 0.6 is 0 Å². The van der Waals surface area contributed by atoms with Gasteiger partial charge in [0.1, 0.15) is 11.6 Å². The molecular formula is C15H13FN2O3. The fraction of sp³-hybridized carbons (Fsp3) is 0.0667. The van der Waals surface area contributed by atoms with Gasteiger partial charge in [0, 0.05) is 5.56 Å². The number of methoxy groups -OCH3 is 1. The average Bonchev–Trinajstić information content (AvgIpc) is 2.53. The lowest BCUT2D eigenvalue weighted by molar-refractivity contribution is 0.0844. The smallest absolute Gasteiger partial charge is 0.273 e. The van der Waals surface area contributed by atoms with Gasteiger partial charge < -0.3 is 4.74 Å². The number of ether oxygens (including phenoxy) is 1. The fourth-order valence-corrected chi connectivity index (χ4v) is 1.70. The van der Waals surface area contributed by atoms with E-state index in [-0.39, 0.29) is 11.3 Å². The van der Waals surface area contributed by atoms with Crippen molar-refractivity contribution in [2.45, 2.75) is 0 Å². The van der Waals surface area contributed by atoms with Gasteiger partial charge in [-0.25, -0.2) is 4.39 Å². The van der Waals surface area contributed by atoms with Crippen molar-refractivity contribution in [3.63, 3.8) is 0 Å². The first kappa shape index (κ1) is 14.5. The standard InChI is InChI=1S/C15H13FN2O3/c1-21-13-8-7-11(16)9-12(13)15(20)18-17-14(19)10-5-3-2-4-6-10/h2-9H,1H3,(H,17,19)(H,18,20). The van der Waals surface area contributed by atoms with Crippen molar-refractivity contribution in [1.29, 1.82) is 0 Å². The van der Waals surface area contributed by atoms with Crippen LogP contribution in [-0.2, 0) is 0 Å². The highest BCUT2D eigenvalue weighted by molar-refractivity contribution is 6.00. The van der Waals surface area contributed by atoms with Crippen molar-refractivity contribution < 1.29 is 18.7 Å². The second-order valence-corrected chi connectivity index (χ2v) is 4.12. The maximum atomic E-state index is 13.2. The number of hydrogen-bond acceptors (Lipinski definition) is 3. The molecule has 0 aliphatic carbocycles. The van der Waals surface area contributed by atoms with Gasteiger partial charge in [-0.3, -0.25) is 20.4 Å². The molecule has 0 fully saturated rings.